The number of fused-ring (bicyclic) bond motifs is 1. The minimum absolute atomic E-state index is 0.288. The van der Waals surface area contributed by atoms with Gasteiger partial charge in [0.15, 0.2) is 0 Å². The molecule has 1 aliphatic rings. The van der Waals surface area contributed by atoms with Gasteiger partial charge in [0.05, 0.1) is 22.7 Å². The van der Waals surface area contributed by atoms with Crippen LogP contribution in [0, 0.1) is 0 Å². The SMILES string of the molecule is CS(=O)(=O)N1CCCc2cc(C(=O)Nc3ccc(Br)cc3Cl)ccc21. The lowest BCUT2D eigenvalue weighted by Gasteiger charge is -2.29. The van der Waals surface area contributed by atoms with Crippen molar-refractivity contribution in [1.82, 2.24) is 0 Å². The predicted octanol–water partition coefficient (Wildman–Crippen LogP) is 4.07. The van der Waals surface area contributed by atoms with E-state index < -0.39 is 10.0 Å². The monoisotopic (exact) mass is 442 g/mol. The number of carbonyl (C=O) groups is 1. The summed E-state index contributed by atoms with van der Waals surface area (Å²) in [5, 5.41) is 3.21. The Morgan fingerprint density at radius 1 is 1.24 bits per heavy atom. The van der Waals surface area contributed by atoms with Crippen LogP contribution in [0.4, 0.5) is 11.4 Å². The van der Waals surface area contributed by atoms with Gasteiger partial charge in [-0.25, -0.2) is 8.42 Å². The van der Waals surface area contributed by atoms with Crippen molar-refractivity contribution in [2.45, 2.75) is 12.8 Å². The summed E-state index contributed by atoms with van der Waals surface area (Å²) in [5.41, 5.74) is 2.48. The van der Waals surface area contributed by atoms with Gasteiger partial charge in [0.25, 0.3) is 5.91 Å². The molecule has 1 N–H and O–H groups in total. The van der Waals surface area contributed by atoms with Crippen LogP contribution in [0.1, 0.15) is 22.3 Å². The number of nitrogens with zero attached hydrogens (tertiary/aromatic N) is 1. The van der Waals surface area contributed by atoms with E-state index in [0.29, 0.717) is 28.5 Å². The van der Waals surface area contributed by atoms with Crippen LogP contribution in [0.5, 0.6) is 0 Å². The van der Waals surface area contributed by atoms with E-state index in [1.165, 1.54) is 10.6 Å². The van der Waals surface area contributed by atoms with Crippen LogP contribution in [0.15, 0.2) is 40.9 Å². The number of sulfonamides is 1. The van der Waals surface area contributed by atoms with Crippen molar-refractivity contribution in [3.8, 4) is 0 Å². The first-order chi connectivity index (χ1) is 11.8. The highest BCUT2D eigenvalue weighted by Crippen LogP contribution is 2.31. The maximum absolute atomic E-state index is 12.5. The van der Waals surface area contributed by atoms with Crippen molar-refractivity contribution in [3.63, 3.8) is 0 Å². The molecule has 5 nitrogen and oxygen atoms in total. The number of halogens is 2. The molecular weight excluding hydrogens is 428 g/mol. The molecule has 0 spiro atoms. The Bertz CT molecular complexity index is 947. The predicted molar refractivity (Wildman–Crippen MR) is 104 cm³/mol. The van der Waals surface area contributed by atoms with Crippen molar-refractivity contribution in [2.75, 3.05) is 22.4 Å². The fourth-order valence-electron chi connectivity index (χ4n) is 2.83. The Morgan fingerprint density at radius 3 is 2.68 bits per heavy atom. The summed E-state index contributed by atoms with van der Waals surface area (Å²) in [6, 6.07) is 10.3. The number of nitrogens with one attached hydrogen (secondary N) is 1. The minimum atomic E-state index is -3.32. The van der Waals surface area contributed by atoms with E-state index >= 15 is 0 Å². The molecule has 3 rings (SSSR count). The summed E-state index contributed by atoms with van der Waals surface area (Å²) in [4.78, 5) is 12.5. The van der Waals surface area contributed by atoms with Crippen LogP contribution in [-0.2, 0) is 16.4 Å². The summed E-state index contributed by atoms with van der Waals surface area (Å²) >= 11 is 9.45. The molecule has 1 heterocycles. The number of benzene rings is 2. The van der Waals surface area contributed by atoms with Gasteiger partial charge in [-0.15, -0.1) is 0 Å². The third kappa shape index (κ3) is 3.99. The molecule has 1 amide bonds. The molecule has 0 saturated carbocycles. The second-order valence-corrected chi connectivity index (χ2v) is 9.09. The van der Waals surface area contributed by atoms with Crippen molar-refractivity contribution in [2.24, 2.45) is 0 Å². The summed E-state index contributed by atoms with van der Waals surface area (Å²) in [6.07, 6.45) is 2.66. The van der Waals surface area contributed by atoms with Gasteiger partial charge in [0.1, 0.15) is 0 Å². The second-order valence-electron chi connectivity index (χ2n) is 5.86. The molecule has 8 heteroatoms. The minimum Gasteiger partial charge on any atom is -0.321 e. The lowest BCUT2D eigenvalue weighted by Crippen LogP contribution is -2.34. The molecule has 2 aromatic rings. The molecule has 0 bridgehead atoms. The first-order valence-electron chi connectivity index (χ1n) is 7.63. The summed E-state index contributed by atoms with van der Waals surface area (Å²) in [6.45, 7) is 0.464. The van der Waals surface area contributed by atoms with Crippen LogP contribution in [0.25, 0.3) is 0 Å². The van der Waals surface area contributed by atoms with E-state index in [2.05, 4.69) is 21.2 Å². The lowest BCUT2D eigenvalue weighted by atomic mass is 10.0. The van der Waals surface area contributed by atoms with E-state index in [1.54, 1.807) is 36.4 Å². The van der Waals surface area contributed by atoms with Gasteiger partial charge < -0.3 is 5.32 Å². The van der Waals surface area contributed by atoms with Crippen LogP contribution in [0.2, 0.25) is 5.02 Å². The Morgan fingerprint density at radius 2 is 2.00 bits per heavy atom. The molecule has 0 fully saturated rings. The molecule has 0 saturated heterocycles. The van der Waals surface area contributed by atoms with Crippen molar-refractivity contribution < 1.29 is 13.2 Å². The zero-order valence-corrected chi connectivity index (χ0v) is 16.6. The number of hydrogen-bond acceptors (Lipinski definition) is 3. The van der Waals surface area contributed by atoms with Gasteiger partial charge in [-0.1, -0.05) is 27.5 Å². The van der Waals surface area contributed by atoms with Crippen molar-refractivity contribution >= 4 is 54.8 Å². The van der Waals surface area contributed by atoms with Crippen molar-refractivity contribution in [1.29, 1.82) is 0 Å². The molecular formula is C17H16BrClN2O3S. The number of amides is 1. The number of rotatable bonds is 3. The quantitative estimate of drug-likeness (QED) is 0.778. The number of hydrogen-bond donors (Lipinski definition) is 1. The van der Waals surface area contributed by atoms with Gasteiger partial charge in [0.2, 0.25) is 10.0 Å². The molecule has 0 aromatic heterocycles. The van der Waals surface area contributed by atoms with E-state index in [0.717, 1.165) is 22.9 Å². The average Bonchev–Trinajstić information content (AvgIpc) is 2.55. The fraction of sp³-hybridized carbons (Fsp3) is 0.235. The largest absolute Gasteiger partial charge is 0.321 e. The summed E-state index contributed by atoms with van der Waals surface area (Å²) in [7, 11) is -3.32. The van der Waals surface area contributed by atoms with E-state index in [4.69, 9.17) is 11.6 Å². The fourth-order valence-corrected chi connectivity index (χ4v) is 4.55. The Balaban J connectivity index is 1.88. The van der Waals surface area contributed by atoms with Gasteiger partial charge in [0, 0.05) is 16.6 Å². The molecule has 0 atom stereocenters. The number of carbonyl (C=O) groups excluding carboxylic acids is 1. The van der Waals surface area contributed by atoms with Crippen LogP contribution >= 0.6 is 27.5 Å². The maximum Gasteiger partial charge on any atom is 0.255 e. The van der Waals surface area contributed by atoms with E-state index in [-0.39, 0.29) is 5.91 Å². The lowest BCUT2D eigenvalue weighted by molar-refractivity contribution is 0.102. The van der Waals surface area contributed by atoms with Gasteiger partial charge in [-0.05, 0) is 54.8 Å². The third-order valence-corrected chi connectivity index (χ3v) is 5.98. The van der Waals surface area contributed by atoms with Crippen LogP contribution in [-0.4, -0.2) is 27.1 Å². The number of anilines is 2. The first kappa shape index (κ1) is 18.2. The molecule has 0 unspecified atom stereocenters. The second kappa shape index (κ2) is 6.97. The average molecular weight is 444 g/mol. The molecule has 132 valence electrons. The zero-order valence-electron chi connectivity index (χ0n) is 13.4. The smallest absolute Gasteiger partial charge is 0.255 e. The topological polar surface area (TPSA) is 66.5 Å². The standard InChI is InChI=1S/C17H16BrClN2O3S/c1-25(23,24)21-8-2-3-11-9-12(4-7-16(11)21)17(22)20-15-6-5-13(18)10-14(15)19/h4-7,9-10H,2-3,8H2,1H3,(H,20,22). The first-order valence-corrected chi connectivity index (χ1v) is 10.6. The third-order valence-electron chi connectivity index (χ3n) is 4.00. The molecule has 2 aromatic carbocycles. The Kier molecular flexibility index (Phi) is 5.09. The Labute approximate surface area is 160 Å². The Hall–Kier alpha value is -1.57. The van der Waals surface area contributed by atoms with Gasteiger partial charge >= 0.3 is 0 Å². The van der Waals surface area contributed by atoms with Crippen molar-refractivity contribution in [3.05, 3.63) is 57.0 Å². The van der Waals surface area contributed by atoms with Gasteiger partial charge in [-0.2, -0.15) is 0 Å². The molecule has 1 aliphatic heterocycles. The number of aryl methyl sites for hydroxylation is 1. The molecule has 25 heavy (non-hydrogen) atoms. The van der Waals surface area contributed by atoms with Crippen LogP contribution in [0.3, 0.4) is 0 Å². The molecule has 0 radical (unpaired) electrons. The normalized spacial score (nSPS) is 14.1. The zero-order chi connectivity index (χ0) is 18.2. The highest BCUT2D eigenvalue weighted by atomic mass is 79.9. The van der Waals surface area contributed by atoms with E-state index in [1.807, 2.05) is 0 Å². The van der Waals surface area contributed by atoms with Crippen LogP contribution < -0.4 is 9.62 Å². The maximum atomic E-state index is 12.5. The van der Waals surface area contributed by atoms with Gasteiger partial charge in [-0.3, -0.25) is 9.10 Å². The highest BCUT2D eigenvalue weighted by molar-refractivity contribution is 9.10. The molecule has 0 aliphatic carbocycles. The highest BCUT2D eigenvalue weighted by Gasteiger charge is 2.24. The van der Waals surface area contributed by atoms with E-state index in [9.17, 15) is 13.2 Å². The summed E-state index contributed by atoms with van der Waals surface area (Å²) in [5.74, 6) is -0.288. The summed E-state index contributed by atoms with van der Waals surface area (Å²) < 4.78 is 26.0.